The van der Waals surface area contributed by atoms with Gasteiger partial charge in [-0.05, 0) is 12.1 Å². The molecule has 1 aliphatic heterocycles. The zero-order valence-corrected chi connectivity index (χ0v) is 10.2. The van der Waals surface area contributed by atoms with Crippen molar-refractivity contribution < 1.29 is 9.59 Å². The predicted molar refractivity (Wildman–Crippen MR) is 69.2 cm³/mol. The van der Waals surface area contributed by atoms with Crippen LogP contribution in [0.15, 0.2) is 30.7 Å². The van der Waals surface area contributed by atoms with E-state index in [9.17, 15) is 9.59 Å². The van der Waals surface area contributed by atoms with Gasteiger partial charge in [-0.25, -0.2) is 4.79 Å². The molecule has 7 heteroatoms. The van der Waals surface area contributed by atoms with Crippen molar-refractivity contribution in [1.82, 2.24) is 25.8 Å². The number of nitrogens with one attached hydrogen (secondary N) is 3. The van der Waals surface area contributed by atoms with Crippen molar-refractivity contribution in [3.8, 4) is 23.1 Å². The van der Waals surface area contributed by atoms with E-state index >= 15 is 0 Å². The second-order valence-corrected chi connectivity index (χ2v) is 4.05. The van der Waals surface area contributed by atoms with Gasteiger partial charge in [-0.1, -0.05) is 11.8 Å². The van der Waals surface area contributed by atoms with Crippen LogP contribution in [-0.2, 0) is 4.79 Å². The first-order chi connectivity index (χ1) is 9.74. The number of carbonyl (C=O) groups is 2. The molecule has 1 unspecified atom stereocenters. The van der Waals surface area contributed by atoms with Gasteiger partial charge in [0, 0.05) is 18.0 Å². The Morgan fingerprint density at radius 2 is 2.20 bits per heavy atom. The molecule has 0 radical (unpaired) electrons. The van der Waals surface area contributed by atoms with Crippen LogP contribution in [0.2, 0.25) is 0 Å². The number of carbonyl (C=O) groups excluding carboxylic acids is 2. The molecule has 2 aromatic rings. The Kier molecular flexibility index (Phi) is 2.89. The number of aromatic nitrogens is 3. The third kappa shape index (κ3) is 2.22. The average molecular weight is 267 g/mol. The molecule has 98 valence electrons. The molecule has 7 nitrogen and oxygen atoms in total. The van der Waals surface area contributed by atoms with Gasteiger partial charge < -0.3 is 5.32 Å². The number of urea groups is 1. The number of amides is 3. The van der Waals surface area contributed by atoms with Gasteiger partial charge in [0.2, 0.25) is 0 Å². The summed E-state index contributed by atoms with van der Waals surface area (Å²) in [6, 6.07) is 2.17. The fraction of sp³-hybridized carbons (Fsp3) is 0.0769. The lowest BCUT2D eigenvalue weighted by molar-refractivity contribution is -0.119. The van der Waals surface area contributed by atoms with E-state index in [1.54, 1.807) is 30.7 Å². The minimum absolute atomic E-state index is 0.448. The standard InChI is InChI=1S/C13H9N5O2/c19-12-10(17-13(20)18-12)4-3-8-2-1-5-14-11(8)9-6-15-16-7-9/h1-2,5-7,10H,(H,15,16)(H2,17,18,19,20). The van der Waals surface area contributed by atoms with Crippen LogP contribution < -0.4 is 10.6 Å². The van der Waals surface area contributed by atoms with Gasteiger partial charge >= 0.3 is 6.03 Å². The van der Waals surface area contributed by atoms with E-state index in [1.165, 1.54) is 0 Å². The van der Waals surface area contributed by atoms with Crippen LogP contribution in [0, 0.1) is 11.8 Å². The third-order valence-electron chi connectivity index (χ3n) is 2.70. The van der Waals surface area contributed by atoms with E-state index in [-0.39, 0.29) is 0 Å². The normalized spacial score (nSPS) is 17.1. The van der Waals surface area contributed by atoms with Crippen LogP contribution in [0.5, 0.6) is 0 Å². The molecule has 0 bridgehead atoms. The molecule has 3 amide bonds. The second kappa shape index (κ2) is 4.85. The van der Waals surface area contributed by atoms with E-state index in [2.05, 4.69) is 37.7 Å². The van der Waals surface area contributed by atoms with Gasteiger partial charge in [0.25, 0.3) is 5.91 Å². The summed E-state index contributed by atoms with van der Waals surface area (Å²) in [6.45, 7) is 0. The molecule has 2 aromatic heterocycles. The van der Waals surface area contributed by atoms with Crippen molar-refractivity contribution in [2.45, 2.75) is 6.04 Å². The van der Waals surface area contributed by atoms with Crippen molar-refractivity contribution in [2.75, 3.05) is 0 Å². The van der Waals surface area contributed by atoms with Crippen LogP contribution in [-0.4, -0.2) is 33.2 Å². The Morgan fingerprint density at radius 1 is 1.30 bits per heavy atom. The summed E-state index contributed by atoms with van der Waals surface area (Å²) in [6.07, 6.45) is 4.99. The zero-order chi connectivity index (χ0) is 13.9. The van der Waals surface area contributed by atoms with E-state index in [4.69, 9.17) is 0 Å². The lowest BCUT2D eigenvalue weighted by atomic mass is 10.1. The van der Waals surface area contributed by atoms with Crippen molar-refractivity contribution >= 4 is 11.9 Å². The van der Waals surface area contributed by atoms with Crippen LogP contribution >= 0.6 is 0 Å². The largest absolute Gasteiger partial charge is 0.322 e. The van der Waals surface area contributed by atoms with Crippen molar-refractivity contribution in [3.63, 3.8) is 0 Å². The Bertz CT molecular complexity index is 727. The fourth-order valence-corrected chi connectivity index (χ4v) is 1.78. The van der Waals surface area contributed by atoms with Gasteiger partial charge in [0.05, 0.1) is 17.5 Å². The van der Waals surface area contributed by atoms with E-state index in [1.807, 2.05) is 0 Å². The summed E-state index contributed by atoms with van der Waals surface area (Å²) in [7, 11) is 0. The highest BCUT2D eigenvalue weighted by atomic mass is 16.2. The van der Waals surface area contributed by atoms with Crippen LogP contribution in [0.4, 0.5) is 4.79 Å². The summed E-state index contributed by atoms with van der Waals surface area (Å²) in [5, 5.41) is 11.1. The van der Waals surface area contributed by atoms with E-state index in [0.29, 0.717) is 11.3 Å². The topological polar surface area (TPSA) is 99.8 Å². The quantitative estimate of drug-likeness (QED) is 0.501. The Hall–Kier alpha value is -3.14. The zero-order valence-electron chi connectivity index (χ0n) is 10.2. The van der Waals surface area contributed by atoms with E-state index < -0.39 is 18.0 Å². The minimum Gasteiger partial charge on any atom is -0.316 e. The lowest BCUT2D eigenvalue weighted by Crippen LogP contribution is -2.26. The van der Waals surface area contributed by atoms with Gasteiger partial charge in [0.1, 0.15) is 0 Å². The first-order valence-corrected chi connectivity index (χ1v) is 5.81. The minimum atomic E-state index is -0.833. The van der Waals surface area contributed by atoms with Gasteiger partial charge in [-0.2, -0.15) is 5.10 Å². The van der Waals surface area contributed by atoms with Crippen molar-refractivity contribution in [3.05, 3.63) is 36.3 Å². The molecule has 0 spiro atoms. The van der Waals surface area contributed by atoms with Crippen molar-refractivity contribution in [1.29, 1.82) is 0 Å². The average Bonchev–Trinajstić information content (AvgIpc) is 3.07. The highest BCUT2D eigenvalue weighted by Gasteiger charge is 2.27. The van der Waals surface area contributed by atoms with Crippen LogP contribution in [0.25, 0.3) is 11.3 Å². The SMILES string of the molecule is O=C1NC(=O)C(C#Cc2cccnc2-c2cn[nH]c2)N1. The van der Waals surface area contributed by atoms with E-state index in [0.717, 1.165) is 5.56 Å². The molecular weight excluding hydrogens is 258 g/mol. The summed E-state index contributed by atoms with van der Waals surface area (Å²) >= 11 is 0. The number of imide groups is 1. The Balaban J connectivity index is 1.93. The number of hydrogen-bond acceptors (Lipinski definition) is 4. The summed E-state index contributed by atoms with van der Waals surface area (Å²) in [5.74, 6) is 5.13. The van der Waals surface area contributed by atoms with Gasteiger partial charge in [-0.15, -0.1) is 0 Å². The first-order valence-electron chi connectivity index (χ1n) is 5.81. The van der Waals surface area contributed by atoms with Crippen LogP contribution in [0.1, 0.15) is 5.56 Å². The molecule has 0 saturated carbocycles. The number of aromatic amines is 1. The maximum absolute atomic E-state index is 11.4. The predicted octanol–water partition coefficient (Wildman–Crippen LogP) is 0.0312. The van der Waals surface area contributed by atoms with Gasteiger partial charge in [0.15, 0.2) is 6.04 Å². The maximum Gasteiger partial charge on any atom is 0.322 e. The smallest absolute Gasteiger partial charge is 0.316 e. The molecule has 1 saturated heterocycles. The van der Waals surface area contributed by atoms with Crippen molar-refractivity contribution in [2.24, 2.45) is 0 Å². The summed E-state index contributed by atoms with van der Waals surface area (Å²) < 4.78 is 0. The second-order valence-electron chi connectivity index (χ2n) is 4.05. The highest BCUT2D eigenvalue weighted by Crippen LogP contribution is 2.18. The number of H-pyrrole nitrogens is 1. The summed E-state index contributed by atoms with van der Waals surface area (Å²) in [4.78, 5) is 26.6. The molecule has 0 aliphatic carbocycles. The monoisotopic (exact) mass is 267 g/mol. The lowest BCUT2D eigenvalue weighted by Gasteiger charge is -2.00. The molecule has 20 heavy (non-hydrogen) atoms. The molecule has 3 rings (SSSR count). The highest BCUT2D eigenvalue weighted by molar-refractivity contribution is 6.05. The maximum atomic E-state index is 11.4. The number of rotatable bonds is 1. The third-order valence-corrected chi connectivity index (χ3v) is 2.70. The molecule has 0 aromatic carbocycles. The molecular formula is C13H9N5O2. The Morgan fingerprint density at radius 3 is 2.90 bits per heavy atom. The summed E-state index contributed by atoms with van der Waals surface area (Å²) in [5.41, 5.74) is 2.12. The number of pyridine rings is 1. The van der Waals surface area contributed by atoms with Crippen LogP contribution in [0.3, 0.4) is 0 Å². The fourth-order valence-electron chi connectivity index (χ4n) is 1.78. The Labute approximate surface area is 113 Å². The molecule has 1 fully saturated rings. The molecule has 3 N–H and O–H groups in total. The molecule has 1 aliphatic rings. The number of hydrogen-bond donors (Lipinski definition) is 3. The van der Waals surface area contributed by atoms with Gasteiger partial charge in [-0.3, -0.25) is 20.2 Å². The molecule has 3 heterocycles. The molecule has 1 atom stereocenters. The number of nitrogens with zero attached hydrogens (tertiary/aromatic N) is 2. The first kappa shape index (κ1) is 11.9.